The molecule has 1 saturated heterocycles. The minimum Gasteiger partial charge on any atom is -0.495 e. The Balaban J connectivity index is 1.67. The number of fused-ring (bicyclic) bond motifs is 1. The number of aromatic nitrogens is 1. The third-order valence-electron chi connectivity index (χ3n) is 6.35. The highest BCUT2D eigenvalue weighted by Gasteiger charge is 2.26. The van der Waals surface area contributed by atoms with Crippen LogP contribution >= 0.6 is 0 Å². The van der Waals surface area contributed by atoms with Crippen molar-refractivity contribution in [2.24, 2.45) is 5.92 Å². The van der Waals surface area contributed by atoms with Gasteiger partial charge in [0.25, 0.3) is 5.91 Å². The number of carbonyl (C=O) groups excluding carboxylic acids is 1. The normalized spacial score (nSPS) is 19.1. The zero-order valence-corrected chi connectivity index (χ0v) is 16.6. The van der Waals surface area contributed by atoms with Crippen LogP contribution in [0.1, 0.15) is 43.0 Å². The monoisotopic (exact) mass is 369 g/mol. The molecule has 1 aromatic heterocycles. The Morgan fingerprint density at radius 1 is 1.15 bits per heavy atom. The maximum atomic E-state index is 13.3. The van der Waals surface area contributed by atoms with Crippen molar-refractivity contribution in [2.75, 3.05) is 39.8 Å². The average molecular weight is 370 g/mol. The van der Waals surface area contributed by atoms with Crippen molar-refractivity contribution in [1.29, 1.82) is 0 Å². The fourth-order valence-electron chi connectivity index (χ4n) is 4.71. The fourth-order valence-corrected chi connectivity index (χ4v) is 4.71. The van der Waals surface area contributed by atoms with Gasteiger partial charge in [0.2, 0.25) is 0 Å². The largest absolute Gasteiger partial charge is 0.495 e. The van der Waals surface area contributed by atoms with E-state index in [-0.39, 0.29) is 5.91 Å². The van der Waals surface area contributed by atoms with Crippen LogP contribution in [0.4, 0.5) is 0 Å². The molecule has 0 unspecified atom stereocenters. The van der Waals surface area contributed by atoms with E-state index in [0.29, 0.717) is 5.92 Å². The molecule has 1 aromatic carbocycles. The second-order valence-electron chi connectivity index (χ2n) is 7.93. The third kappa shape index (κ3) is 3.57. The van der Waals surface area contributed by atoms with Gasteiger partial charge in [-0.25, -0.2) is 0 Å². The molecule has 2 aromatic rings. The van der Waals surface area contributed by atoms with Crippen LogP contribution in [-0.4, -0.2) is 60.1 Å². The van der Waals surface area contributed by atoms with Crippen molar-refractivity contribution in [3.8, 4) is 5.75 Å². The van der Waals surface area contributed by atoms with Gasteiger partial charge in [0, 0.05) is 44.3 Å². The number of piperazine rings is 1. The minimum absolute atomic E-state index is 0.161. The van der Waals surface area contributed by atoms with Crippen LogP contribution in [0, 0.1) is 5.92 Å². The number of amides is 1. The highest BCUT2D eigenvalue weighted by Crippen LogP contribution is 2.34. The Kier molecular flexibility index (Phi) is 5.39. The first-order valence-corrected chi connectivity index (χ1v) is 10.4. The van der Waals surface area contributed by atoms with Crippen molar-refractivity contribution >= 4 is 16.8 Å². The average Bonchev–Trinajstić information content (AvgIpc) is 3.36. The smallest absolute Gasteiger partial charge is 0.256 e. The van der Waals surface area contributed by atoms with Crippen LogP contribution in [0.5, 0.6) is 5.75 Å². The van der Waals surface area contributed by atoms with Gasteiger partial charge in [0.1, 0.15) is 5.75 Å². The standard InChI is InChI=1S/C22H31N3O2/c1-3-23-11-13-24(14-12-23)22(26)19-16-25(15-17-7-4-5-8-17)21-18(19)9-6-10-20(21)27-2/h6,9-10,16-17H,3-5,7-8,11-15H2,1-2H3. The van der Waals surface area contributed by atoms with E-state index in [4.69, 9.17) is 4.74 Å². The molecule has 0 spiro atoms. The number of carbonyl (C=O) groups is 1. The molecule has 0 N–H and O–H groups in total. The van der Waals surface area contributed by atoms with Gasteiger partial charge in [-0.2, -0.15) is 0 Å². The Hall–Kier alpha value is -2.01. The molecule has 27 heavy (non-hydrogen) atoms. The first-order valence-electron chi connectivity index (χ1n) is 10.4. The number of hydrogen-bond acceptors (Lipinski definition) is 3. The van der Waals surface area contributed by atoms with Crippen molar-refractivity contribution in [1.82, 2.24) is 14.4 Å². The summed E-state index contributed by atoms with van der Waals surface area (Å²) in [4.78, 5) is 17.7. The lowest BCUT2D eigenvalue weighted by atomic mass is 10.1. The molecule has 0 atom stereocenters. The number of rotatable bonds is 5. The van der Waals surface area contributed by atoms with Crippen molar-refractivity contribution in [2.45, 2.75) is 39.2 Å². The summed E-state index contributed by atoms with van der Waals surface area (Å²) < 4.78 is 7.92. The maximum Gasteiger partial charge on any atom is 0.256 e. The molecule has 2 fully saturated rings. The van der Waals surface area contributed by atoms with Crippen molar-refractivity contribution in [3.63, 3.8) is 0 Å². The van der Waals surface area contributed by atoms with Gasteiger partial charge in [0.15, 0.2) is 0 Å². The van der Waals surface area contributed by atoms with E-state index in [1.165, 1.54) is 25.7 Å². The van der Waals surface area contributed by atoms with Gasteiger partial charge >= 0.3 is 0 Å². The van der Waals surface area contributed by atoms with E-state index < -0.39 is 0 Å². The quantitative estimate of drug-likeness (QED) is 0.808. The number of nitrogens with zero attached hydrogens (tertiary/aromatic N) is 3. The van der Waals surface area contributed by atoms with E-state index in [1.807, 2.05) is 17.0 Å². The summed E-state index contributed by atoms with van der Waals surface area (Å²) in [6.07, 6.45) is 7.32. The molecule has 2 aliphatic rings. The first-order chi connectivity index (χ1) is 13.2. The molecule has 1 saturated carbocycles. The third-order valence-corrected chi connectivity index (χ3v) is 6.35. The SMILES string of the molecule is CCN1CCN(C(=O)c2cn(CC3CCCC3)c3c(OC)cccc23)CC1. The fraction of sp³-hybridized carbons (Fsp3) is 0.591. The molecular weight excluding hydrogens is 338 g/mol. The Labute approximate surface area is 161 Å². The van der Waals surface area contributed by atoms with Gasteiger partial charge < -0.3 is 19.1 Å². The van der Waals surface area contributed by atoms with Crippen molar-refractivity contribution < 1.29 is 9.53 Å². The lowest BCUT2D eigenvalue weighted by Crippen LogP contribution is -2.48. The summed E-state index contributed by atoms with van der Waals surface area (Å²) in [6.45, 7) is 7.77. The Bertz CT molecular complexity index is 799. The Morgan fingerprint density at radius 3 is 2.56 bits per heavy atom. The van der Waals surface area contributed by atoms with Crippen LogP contribution in [0.2, 0.25) is 0 Å². The molecule has 146 valence electrons. The molecule has 0 radical (unpaired) electrons. The highest BCUT2D eigenvalue weighted by atomic mass is 16.5. The molecule has 2 heterocycles. The lowest BCUT2D eigenvalue weighted by molar-refractivity contribution is 0.0645. The second-order valence-corrected chi connectivity index (χ2v) is 7.93. The van der Waals surface area contributed by atoms with E-state index in [2.05, 4.69) is 28.7 Å². The number of methoxy groups -OCH3 is 1. The zero-order valence-electron chi connectivity index (χ0n) is 16.6. The summed E-state index contributed by atoms with van der Waals surface area (Å²) in [5.74, 6) is 1.73. The molecule has 1 aliphatic heterocycles. The van der Waals surface area contributed by atoms with Gasteiger partial charge in [-0.3, -0.25) is 4.79 Å². The lowest BCUT2D eigenvalue weighted by Gasteiger charge is -2.34. The maximum absolute atomic E-state index is 13.3. The minimum atomic E-state index is 0.161. The van der Waals surface area contributed by atoms with E-state index in [0.717, 1.165) is 61.5 Å². The number of hydrogen-bond donors (Lipinski definition) is 0. The highest BCUT2D eigenvalue weighted by molar-refractivity contribution is 6.08. The Morgan fingerprint density at radius 2 is 1.89 bits per heavy atom. The van der Waals surface area contributed by atoms with E-state index >= 15 is 0 Å². The second kappa shape index (κ2) is 7.93. The predicted molar refractivity (Wildman–Crippen MR) is 108 cm³/mol. The summed E-state index contributed by atoms with van der Waals surface area (Å²) >= 11 is 0. The van der Waals surface area contributed by atoms with Crippen LogP contribution in [0.25, 0.3) is 10.9 Å². The van der Waals surface area contributed by atoms with Crippen LogP contribution in [0.15, 0.2) is 24.4 Å². The molecule has 1 amide bonds. The molecule has 5 heteroatoms. The van der Waals surface area contributed by atoms with Gasteiger partial charge in [0.05, 0.1) is 18.2 Å². The van der Waals surface area contributed by atoms with E-state index in [9.17, 15) is 4.79 Å². The van der Waals surface area contributed by atoms with Crippen LogP contribution in [-0.2, 0) is 6.54 Å². The van der Waals surface area contributed by atoms with Gasteiger partial charge in [-0.1, -0.05) is 31.9 Å². The predicted octanol–water partition coefficient (Wildman–Crippen LogP) is 3.62. The number of benzene rings is 1. The summed E-state index contributed by atoms with van der Waals surface area (Å²) in [7, 11) is 1.72. The summed E-state index contributed by atoms with van der Waals surface area (Å²) in [6, 6.07) is 6.06. The van der Waals surface area contributed by atoms with Crippen LogP contribution < -0.4 is 4.74 Å². The number of ether oxygens (including phenoxy) is 1. The molecular formula is C22H31N3O2. The number of para-hydroxylation sites is 1. The molecule has 0 bridgehead atoms. The molecule has 1 aliphatic carbocycles. The topological polar surface area (TPSA) is 37.7 Å². The first kappa shape index (κ1) is 18.4. The van der Waals surface area contributed by atoms with E-state index in [1.54, 1.807) is 7.11 Å². The van der Waals surface area contributed by atoms with Gasteiger partial charge in [-0.15, -0.1) is 0 Å². The number of likely N-dealkylation sites (N-methyl/N-ethyl adjacent to an activating group) is 1. The van der Waals surface area contributed by atoms with Crippen LogP contribution in [0.3, 0.4) is 0 Å². The van der Waals surface area contributed by atoms with Gasteiger partial charge in [-0.05, 0) is 31.4 Å². The molecule has 4 rings (SSSR count). The summed E-state index contributed by atoms with van der Waals surface area (Å²) in [5.41, 5.74) is 1.90. The zero-order chi connectivity index (χ0) is 18.8. The molecule has 5 nitrogen and oxygen atoms in total. The van der Waals surface area contributed by atoms with Crippen molar-refractivity contribution in [3.05, 3.63) is 30.0 Å². The summed E-state index contributed by atoms with van der Waals surface area (Å²) in [5, 5.41) is 1.02.